The summed E-state index contributed by atoms with van der Waals surface area (Å²) < 4.78 is 8.89. The first-order valence-electron chi connectivity index (χ1n) is 1.43. The van der Waals surface area contributed by atoms with Crippen LogP contribution in [0.15, 0.2) is 21.5 Å². The quantitative estimate of drug-likeness (QED) is 0.367. The molecule has 0 unspecified atom stereocenters. The fraction of sp³-hybridized carbons (Fsp3) is 0. The Kier molecular flexibility index (Phi) is 0.759. The van der Waals surface area contributed by atoms with Crippen molar-refractivity contribution < 1.29 is 9.15 Å². The zero-order valence-corrected chi connectivity index (χ0v) is 3.70. The number of hydrogen-bond donors (Lipinski definition) is 0. The SMILES string of the molecule is S=c1ccoo1. The minimum absolute atomic E-state index is 0.384. The van der Waals surface area contributed by atoms with Crippen molar-refractivity contribution >= 4 is 12.2 Å². The van der Waals surface area contributed by atoms with Crippen molar-refractivity contribution in [3.63, 3.8) is 0 Å². The van der Waals surface area contributed by atoms with Gasteiger partial charge in [-0.3, -0.25) is 9.15 Å². The zero-order valence-electron chi connectivity index (χ0n) is 2.88. The summed E-state index contributed by atoms with van der Waals surface area (Å²) in [5, 5.41) is 0. The molecule has 0 aliphatic carbocycles. The normalized spacial score (nSPS) is 8.67. The summed E-state index contributed by atoms with van der Waals surface area (Å²) in [5.41, 5.74) is 0. The summed E-state index contributed by atoms with van der Waals surface area (Å²) >= 11 is 4.48. The molecule has 3 heteroatoms. The van der Waals surface area contributed by atoms with Crippen LogP contribution in [-0.4, -0.2) is 0 Å². The van der Waals surface area contributed by atoms with E-state index in [9.17, 15) is 0 Å². The summed E-state index contributed by atoms with van der Waals surface area (Å²) in [7, 11) is 0. The predicted molar refractivity (Wildman–Crippen MR) is 21.8 cm³/mol. The topological polar surface area (TPSA) is 26.3 Å². The molecule has 1 rings (SSSR count). The van der Waals surface area contributed by atoms with Crippen LogP contribution in [0.4, 0.5) is 0 Å². The Morgan fingerprint density at radius 2 is 2.50 bits per heavy atom. The van der Waals surface area contributed by atoms with Crippen LogP contribution in [-0.2, 0) is 0 Å². The minimum Gasteiger partial charge on any atom is -0.297 e. The molecule has 0 atom stereocenters. The van der Waals surface area contributed by atoms with E-state index in [2.05, 4.69) is 21.4 Å². The van der Waals surface area contributed by atoms with Crippen molar-refractivity contribution in [2.75, 3.05) is 0 Å². The lowest BCUT2D eigenvalue weighted by atomic mass is 10.8. The highest BCUT2D eigenvalue weighted by Crippen LogP contribution is 1.87. The smallest absolute Gasteiger partial charge is 0.245 e. The van der Waals surface area contributed by atoms with Gasteiger partial charge in [-0.1, -0.05) is 0 Å². The van der Waals surface area contributed by atoms with Crippen molar-refractivity contribution in [2.24, 2.45) is 0 Å². The third-order valence-electron chi connectivity index (χ3n) is 0.390. The van der Waals surface area contributed by atoms with Crippen LogP contribution >= 0.6 is 12.2 Å². The second-order valence-electron chi connectivity index (χ2n) is 0.801. The summed E-state index contributed by atoms with van der Waals surface area (Å²) in [6.07, 6.45) is 1.39. The molecule has 0 saturated heterocycles. The summed E-state index contributed by atoms with van der Waals surface area (Å²) in [4.78, 5) is 0. The van der Waals surface area contributed by atoms with Crippen LogP contribution in [0, 0.1) is 4.71 Å². The highest BCUT2D eigenvalue weighted by Gasteiger charge is 1.72. The van der Waals surface area contributed by atoms with Gasteiger partial charge in [0.15, 0.2) is 0 Å². The van der Waals surface area contributed by atoms with E-state index in [0.717, 1.165) is 0 Å². The number of rotatable bonds is 0. The minimum atomic E-state index is 0.384. The third kappa shape index (κ3) is 0.490. The Balaban J connectivity index is 3.41. The molecule has 2 nitrogen and oxygen atoms in total. The molecule has 0 spiro atoms. The molecule has 0 N–H and O–H groups in total. The highest BCUT2D eigenvalue weighted by atomic mass is 32.1. The van der Waals surface area contributed by atoms with Gasteiger partial charge in [-0.05, 0) is 12.2 Å². The van der Waals surface area contributed by atoms with Gasteiger partial charge in [-0.2, -0.15) is 0 Å². The maximum absolute atomic E-state index is 4.48. The van der Waals surface area contributed by atoms with E-state index >= 15 is 0 Å². The molecule has 6 heavy (non-hydrogen) atoms. The molecule has 0 aliphatic rings. The van der Waals surface area contributed by atoms with Crippen LogP contribution in [0.1, 0.15) is 0 Å². The lowest BCUT2D eigenvalue weighted by Crippen LogP contribution is -1.31. The van der Waals surface area contributed by atoms with E-state index < -0.39 is 0 Å². The van der Waals surface area contributed by atoms with Crippen molar-refractivity contribution in [2.45, 2.75) is 0 Å². The Bertz CT molecular complexity index is 147. The van der Waals surface area contributed by atoms with Gasteiger partial charge < -0.3 is 0 Å². The molecular formula is C3H2O2S. The van der Waals surface area contributed by atoms with Gasteiger partial charge in [-0.25, -0.2) is 0 Å². The second kappa shape index (κ2) is 1.26. The highest BCUT2D eigenvalue weighted by molar-refractivity contribution is 7.71. The maximum atomic E-state index is 4.48. The van der Waals surface area contributed by atoms with Crippen molar-refractivity contribution in [1.82, 2.24) is 0 Å². The molecule has 0 amide bonds. The Morgan fingerprint density at radius 3 is 2.67 bits per heavy atom. The molecule has 32 valence electrons. The summed E-state index contributed by atoms with van der Waals surface area (Å²) in [6.45, 7) is 0. The summed E-state index contributed by atoms with van der Waals surface area (Å²) in [5.74, 6) is 0. The van der Waals surface area contributed by atoms with Gasteiger partial charge in [0.05, 0.1) is 0 Å². The molecule has 1 aromatic heterocycles. The van der Waals surface area contributed by atoms with Crippen LogP contribution in [0.25, 0.3) is 0 Å². The first-order chi connectivity index (χ1) is 2.89. The van der Waals surface area contributed by atoms with E-state index in [4.69, 9.17) is 0 Å². The van der Waals surface area contributed by atoms with Crippen LogP contribution in [0.3, 0.4) is 0 Å². The van der Waals surface area contributed by atoms with Gasteiger partial charge in [0, 0.05) is 6.07 Å². The number of hydrogen-bond acceptors (Lipinski definition) is 3. The Hall–Kier alpha value is -0.570. The molecule has 0 saturated carbocycles. The predicted octanol–water partition coefficient (Wildman–Crippen LogP) is 1.60. The van der Waals surface area contributed by atoms with E-state index in [0.29, 0.717) is 4.71 Å². The van der Waals surface area contributed by atoms with Gasteiger partial charge in [0.25, 0.3) is 0 Å². The van der Waals surface area contributed by atoms with Crippen molar-refractivity contribution in [3.05, 3.63) is 17.0 Å². The first kappa shape index (κ1) is 3.61. The first-order valence-corrected chi connectivity index (χ1v) is 1.84. The van der Waals surface area contributed by atoms with Crippen molar-refractivity contribution in [3.8, 4) is 0 Å². The summed E-state index contributed by atoms with van der Waals surface area (Å²) in [6, 6.07) is 1.56. The molecule has 0 radical (unpaired) electrons. The second-order valence-corrected chi connectivity index (χ2v) is 1.20. The van der Waals surface area contributed by atoms with E-state index in [1.54, 1.807) is 6.07 Å². The lowest BCUT2D eigenvalue weighted by molar-refractivity contribution is 0.0559. The molecule has 1 heterocycles. The van der Waals surface area contributed by atoms with Crippen molar-refractivity contribution in [1.29, 1.82) is 0 Å². The molecule has 0 aromatic carbocycles. The average Bonchev–Trinajstić information content (AvgIpc) is 1.86. The molecule has 0 fully saturated rings. The van der Waals surface area contributed by atoms with Crippen LogP contribution < -0.4 is 0 Å². The zero-order chi connectivity index (χ0) is 4.41. The third-order valence-corrected chi connectivity index (χ3v) is 0.594. The fourth-order valence-electron chi connectivity index (χ4n) is 0.186. The Morgan fingerprint density at radius 1 is 1.67 bits per heavy atom. The van der Waals surface area contributed by atoms with Gasteiger partial charge in [0.2, 0.25) is 4.71 Å². The van der Waals surface area contributed by atoms with E-state index in [1.807, 2.05) is 0 Å². The standard InChI is InChI=1S/C3H2O2S/c6-3-1-2-4-5-3/h1-2H. The van der Waals surface area contributed by atoms with E-state index in [-0.39, 0.29) is 0 Å². The largest absolute Gasteiger partial charge is 0.297 e. The van der Waals surface area contributed by atoms with Crippen LogP contribution in [0.2, 0.25) is 0 Å². The van der Waals surface area contributed by atoms with Crippen LogP contribution in [0.5, 0.6) is 0 Å². The molecule has 1 aromatic rings. The maximum Gasteiger partial charge on any atom is 0.245 e. The molecule has 0 aliphatic heterocycles. The van der Waals surface area contributed by atoms with Gasteiger partial charge in [0.1, 0.15) is 6.26 Å². The average molecular weight is 102 g/mol. The molecular weight excluding hydrogens is 100 g/mol. The van der Waals surface area contributed by atoms with Gasteiger partial charge in [-0.15, -0.1) is 0 Å². The fourth-order valence-corrected chi connectivity index (χ4v) is 0.281. The van der Waals surface area contributed by atoms with Gasteiger partial charge >= 0.3 is 0 Å². The molecule has 0 bridgehead atoms. The monoisotopic (exact) mass is 102 g/mol. The van der Waals surface area contributed by atoms with E-state index in [1.165, 1.54) is 6.26 Å². The lowest BCUT2D eigenvalue weighted by Gasteiger charge is -1.54. The Labute approximate surface area is 39.3 Å².